The third kappa shape index (κ3) is 1.51. The molecule has 0 radical (unpaired) electrons. The topological polar surface area (TPSA) is 42.9 Å². The summed E-state index contributed by atoms with van der Waals surface area (Å²) in [5.41, 5.74) is 1.10. The summed E-state index contributed by atoms with van der Waals surface area (Å²) in [5, 5.41) is 1.39. The number of hydrogen-bond donors (Lipinski definition) is 0. The molecule has 0 bridgehead atoms. The monoisotopic (exact) mass is 192 g/mol. The maximum Gasteiger partial charge on any atom is 0.168 e. The van der Waals surface area contributed by atoms with E-state index in [9.17, 15) is 4.79 Å². The highest BCUT2D eigenvalue weighted by Crippen LogP contribution is 2.15. The third-order valence-corrected chi connectivity index (χ3v) is 1.88. The lowest BCUT2D eigenvalue weighted by molar-refractivity contribution is 0.111. The first-order valence-corrected chi connectivity index (χ1v) is 4.04. The lowest BCUT2D eigenvalue weighted by Gasteiger charge is -1.96. The molecule has 0 saturated heterocycles. The number of aldehydes is 1. The number of pyridine rings is 2. The molecule has 0 aliphatic carbocycles. The van der Waals surface area contributed by atoms with Crippen LogP contribution in [0.3, 0.4) is 0 Å². The van der Waals surface area contributed by atoms with Crippen molar-refractivity contribution in [3.05, 3.63) is 35.2 Å². The zero-order chi connectivity index (χ0) is 9.26. The molecule has 0 aliphatic heterocycles. The lowest BCUT2D eigenvalue weighted by atomic mass is 10.2. The first kappa shape index (κ1) is 8.13. The summed E-state index contributed by atoms with van der Waals surface area (Å²) in [7, 11) is 0. The first-order chi connectivity index (χ1) is 6.29. The van der Waals surface area contributed by atoms with Gasteiger partial charge in [-0.3, -0.25) is 14.8 Å². The number of nitrogens with zero attached hydrogens (tertiary/aromatic N) is 2. The van der Waals surface area contributed by atoms with Crippen LogP contribution in [0.5, 0.6) is 0 Å². The Kier molecular flexibility index (Phi) is 1.94. The van der Waals surface area contributed by atoms with Crippen molar-refractivity contribution in [1.29, 1.82) is 0 Å². The minimum Gasteiger partial charge on any atom is -0.296 e. The van der Waals surface area contributed by atoms with Gasteiger partial charge in [0.2, 0.25) is 0 Å². The van der Waals surface area contributed by atoms with E-state index in [0.29, 0.717) is 17.0 Å². The molecule has 2 heterocycles. The second-order valence-corrected chi connectivity index (χ2v) is 3.01. The molecule has 0 spiro atoms. The first-order valence-electron chi connectivity index (χ1n) is 3.66. The smallest absolute Gasteiger partial charge is 0.168 e. The largest absolute Gasteiger partial charge is 0.296 e. The second kappa shape index (κ2) is 3.11. The SMILES string of the molecule is O=Cc1cc2ncc(Cl)cc2cn1. The van der Waals surface area contributed by atoms with Crippen LogP contribution in [0.15, 0.2) is 24.5 Å². The number of carbonyl (C=O) groups excluding carboxylic acids is 1. The van der Waals surface area contributed by atoms with Crippen molar-refractivity contribution < 1.29 is 4.79 Å². The van der Waals surface area contributed by atoms with Gasteiger partial charge in [0, 0.05) is 17.8 Å². The summed E-state index contributed by atoms with van der Waals surface area (Å²) in [4.78, 5) is 18.4. The molecule has 0 fully saturated rings. The highest BCUT2D eigenvalue weighted by molar-refractivity contribution is 6.31. The molecule has 0 atom stereocenters. The molecule has 0 N–H and O–H groups in total. The minimum absolute atomic E-state index is 0.377. The van der Waals surface area contributed by atoms with Crippen LogP contribution in [0, 0.1) is 0 Å². The van der Waals surface area contributed by atoms with Gasteiger partial charge in [0.25, 0.3) is 0 Å². The normalized spacial score (nSPS) is 10.2. The van der Waals surface area contributed by atoms with Crippen LogP contribution in [0.25, 0.3) is 10.9 Å². The van der Waals surface area contributed by atoms with Crippen LogP contribution < -0.4 is 0 Å². The predicted octanol–water partition coefficient (Wildman–Crippen LogP) is 2.10. The van der Waals surface area contributed by atoms with E-state index < -0.39 is 0 Å². The molecule has 2 rings (SSSR count). The molecule has 0 aliphatic rings. The Bertz CT molecular complexity index is 470. The van der Waals surface area contributed by atoms with Crippen molar-refractivity contribution in [3.8, 4) is 0 Å². The van der Waals surface area contributed by atoms with Crippen LogP contribution in [0.4, 0.5) is 0 Å². The fourth-order valence-corrected chi connectivity index (χ4v) is 1.24. The molecule has 0 saturated carbocycles. The Hall–Kier alpha value is -1.48. The van der Waals surface area contributed by atoms with Gasteiger partial charge >= 0.3 is 0 Å². The summed E-state index contributed by atoms with van der Waals surface area (Å²) in [6.07, 6.45) is 3.81. The molecule has 0 aromatic carbocycles. The van der Waals surface area contributed by atoms with Crippen LogP contribution in [-0.4, -0.2) is 16.3 Å². The van der Waals surface area contributed by atoms with Gasteiger partial charge in [-0.1, -0.05) is 11.6 Å². The van der Waals surface area contributed by atoms with Gasteiger partial charge in [0.1, 0.15) is 5.69 Å². The third-order valence-electron chi connectivity index (χ3n) is 1.67. The quantitative estimate of drug-likeness (QED) is 0.650. The zero-order valence-electron chi connectivity index (χ0n) is 6.57. The standard InChI is InChI=1S/C9H5ClN2O/c10-7-1-6-3-11-8(5-13)2-9(6)12-4-7/h1-5H. The minimum atomic E-state index is 0.377. The molecule has 0 amide bonds. The number of halogens is 1. The number of fused-ring (bicyclic) bond motifs is 1. The van der Waals surface area contributed by atoms with Crippen molar-refractivity contribution in [3.63, 3.8) is 0 Å². The molecule has 3 nitrogen and oxygen atoms in total. The van der Waals surface area contributed by atoms with Crippen LogP contribution in [0.1, 0.15) is 10.5 Å². The van der Waals surface area contributed by atoms with Gasteiger partial charge in [-0.2, -0.15) is 0 Å². The number of carbonyl (C=O) groups is 1. The summed E-state index contributed by atoms with van der Waals surface area (Å²) in [6, 6.07) is 3.38. The van der Waals surface area contributed by atoms with Crippen LogP contribution in [0.2, 0.25) is 5.02 Å². The number of hydrogen-bond acceptors (Lipinski definition) is 3. The summed E-state index contributed by atoms with van der Waals surface area (Å²) in [6.45, 7) is 0. The summed E-state index contributed by atoms with van der Waals surface area (Å²) < 4.78 is 0. The van der Waals surface area contributed by atoms with E-state index in [1.807, 2.05) is 0 Å². The second-order valence-electron chi connectivity index (χ2n) is 2.57. The molecular weight excluding hydrogens is 188 g/mol. The number of aromatic nitrogens is 2. The Morgan fingerprint density at radius 2 is 2.08 bits per heavy atom. The van der Waals surface area contributed by atoms with Crippen LogP contribution in [-0.2, 0) is 0 Å². The van der Waals surface area contributed by atoms with E-state index in [2.05, 4.69) is 9.97 Å². The Labute approximate surface area is 79.4 Å². The molecule has 2 aromatic rings. The Morgan fingerprint density at radius 1 is 1.23 bits per heavy atom. The average molecular weight is 193 g/mol. The molecule has 64 valence electrons. The van der Waals surface area contributed by atoms with Gasteiger partial charge < -0.3 is 0 Å². The van der Waals surface area contributed by atoms with Gasteiger partial charge in [-0.05, 0) is 12.1 Å². The Morgan fingerprint density at radius 3 is 2.85 bits per heavy atom. The molecule has 0 unspecified atom stereocenters. The van der Waals surface area contributed by atoms with Crippen LogP contribution >= 0.6 is 11.6 Å². The van der Waals surface area contributed by atoms with Crippen molar-refractivity contribution in [2.45, 2.75) is 0 Å². The van der Waals surface area contributed by atoms with E-state index in [1.165, 1.54) is 0 Å². The van der Waals surface area contributed by atoms with Gasteiger partial charge in [0.15, 0.2) is 6.29 Å². The van der Waals surface area contributed by atoms with Crippen molar-refractivity contribution in [2.75, 3.05) is 0 Å². The van der Waals surface area contributed by atoms with E-state index in [4.69, 9.17) is 11.6 Å². The molecule has 4 heteroatoms. The fourth-order valence-electron chi connectivity index (χ4n) is 1.08. The lowest BCUT2D eigenvalue weighted by Crippen LogP contribution is -1.87. The fraction of sp³-hybridized carbons (Fsp3) is 0. The highest BCUT2D eigenvalue weighted by Gasteiger charge is 1.98. The average Bonchev–Trinajstić information content (AvgIpc) is 2.17. The van der Waals surface area contributed by atoms with E-state index in [-0.39, 0.29) is 0 Å². The summed E-state index contributed by atoms with van der Waals surface area (Å²) >= 11 is 5.73. The summed E-state index contributed by atoms with van der Waals surface area (Å²) in [5.74, 6) is 0. The molecular formula is C9H5ClN2O. The van der Waals surface area contributed by atoms with Gasteiger partial charge in [0.05, 0.1) is 10.5 Å². The van der Waals surface area contributed by atoms with Crippen molar-refractivity contribution in [2.24, 2.45) is 0 Å². The molecule has 2 aromatic heterocycles. The van der Waals surface area contributed by atoms with Crippen molar-refractivity contribution >= 4 is 28.8 Å². The van der Waals surface area contributed by atoms with E-state index in [1.54, 1.807) is 24.5 Å². The van der Waals surface area contributed by atoms with Gasteiger partial charge in [-0.15, -0.1) is 0 Å². The number of rotatable bonds is 1. The maximum absolute atomic E-state index is 10.4. The molecule has 13 heavy (non-hydrogen) atoms. The van der Waals surface area contributed by atoms with Gasteiger partial charge in [-0.25, -0.2) is 0 Å². The Balaban J connectivity index is 2.73. The maximum atomic E-state index is 10.4. The van der Waals surface area contributed by atoms with E-state index >= 15 is 0 Å². The highest BCUT2D eigenvalue weighted by atomic mass is 35.5. The zero-order valence-corrected chi connectivity index (χ0v) is 7.32. The van der Waals surface area contributed by atoms with Crippen molar-refractivity contribution in [1.82, 2.24) is 9.97 Å². The van der Waals surface area contributed by atoms with E-state index in [0.717, 1.165) is 10.9 Å². The predicted molar refractivity (Wildman–Crippen MR) is 49.9 cm³/mol.